The summed E-state index contributed by atoms with van der Waals surface area (Å²) >= 11 is 1.54. The molecule has 1 heterocycles. The number of hydrogen-bond acceptors (Lipinski definition) is 3. The van der Waals surface area contributed by atoms with E-state index in [9.17, 15) is 13.2 Å². The van der Waals surface area contributed by atoms with Crippen molar-refractivity contribution in [1.29, 1.82) is 0 Å². The zero-order chi connectivity index (χ0) is 14.9. The Morgan fingerprint density at radius 2 is 2.00 bits per heavy atom. The van der Waals surface area contributed by atoms with Crippen molar-refractivity contribution in [1.82, 2.24) is 4.98 Å². The Hall–Kier alpha value is -1.40. The van der Waals surface area contributed by atoms with Crippen LogP contribution in [-0.2, 0) is 12.6 Å². The van der Waals surface area contributed by atoms with Gasteiger partial charge < -0.3 is 5.73 Å². The fraction of sp³-hybridized carbons (Fsp3) is 0.357. The zero-order valence-corrected chi connectivity index (χ0v) is 12.0. The molecule has 20 heavy (non-hydrogen) atoms. The summed E-state index contributed by atoms with van der Waals surface area (Å²) in [5, 5.41) is 2.88. The van der Waals surface area contributed by atoms with E-state index in [0.29, 0.717) is 12.0 Å². The average molecular weight is 300 g/mol. The number of aryl methyl sites for hydroxylation is 2. The van der Waals surface area contributed by atoms with Crippen LogP contribution in [0.1, 0.15) is 33.4 Å². The van der Waals surface area contributed by atoms with Gasteiger partial charge in [-0.05, 0) is 37.1 Å². The molecule has 0 saturated heterocycles. The number of aromatic nitrogens is 1. The molecule has 0 bridgehead atoms. The van der Waals surface area contributed by atoms with Gasteiger partial charge in [-0.1, -0.05) is 6.07 Å². The first-order chi connectivity index (χ1) is 9.27. The van der Waals surface area contributed by atoms with Crippen LogP contribution >= 0.6 is 11.3 Å². The van der Waals surface area contributed by atoms with Gasteiger partial charge in [-0.25, -0.2) is 4.98 Å². The third-order valence-electron chi connectivity index (χ3n) is 3.09. The van der Waals surface area contributed by atoms with Crippen LogP contribution in [0.4, 0.5) is 13.2 Å². The molecule has 2 N–H and O–H groups in total. The minimum atomic E-state index is -4.32. The normalized spacial score (nSPS) is 13.5. The molecule has 0 saturated carbocycles. The molecule has 2 nitrogen and oxygen atoms in total. The van der Waals surface area contributed by atoms with Gasteiger partial charge in [-0.15, -0.1) is 11.3 Å². The lowest BCUT2D eigenvalue weighted by Crippen LogP contribution is -2.16. The van der Waals surface area contributed by atoms with Crippen LogP contribution in [-0.4, -0.2) is 4.98 Å². The molecule has 0 spiro atoms. The van der Waals surface area contributed by atoms with Crippen molar-refractivity contribution in [2.75, 3.05) is 0 Å². The maximum atomic E-state index is 12.6. The standard InChI is InChI=1S/C14H15F3N2S/c1-8-5-10(14(15,16)17)3-4-12(8)13(18)6-11-7-20-9(2)19-11/h3-5,7,13H,6,18H2,1-2H3. The number of thiazole rings is 1. The number of nitrogens with zero attached hydrogens (tertiary/aromatic N) is 1. The van der Waals surface area contributed by atoms with Crippen molar-refractivity contribution in [2.24, 2.45) is 5.73 Å². The summed E-state index contributed by atoms with van der Waals surface area (Å²) < 4.78 is 37.8. The molecule has 0 fully saturated rings. The van der Waals surface area contributed by atoms with Gasteiger partial charge in [0.1, 0.15) is 0 Å². The molecule has 1 aromatic heterocycles. The minimum absolute atomic E-state index is 0.348. The van der Waals surface area contributed by atoms with Crippen LogP contribution in [0.15, 0.2) is 23.6 Å². The van der Waals surface area contributed by atoms with Gasteiger partial charge in [0, 0.05) is 17.8 Å². The molecule has 0 aliphatic heterocycles. The molecular weight excluding hydrogens is 285 g/mol. The predicted molar refractivity (Wildman–Crippen MR) is 73.7 cm³/mol. The van der Waals surface area contributed by atoms with E-state index in [0.717, 1.165) is 28.4 Å². The van der Waals surface area contributed by atoms with Crippen LogP contribution in [0.2, 0.25) is 0 Å². The van der Waals surface area contributed by atoms with Crippen molar-refractivity contribution in [3.05, 3.63) is 51.0 Å². The summed E-state index contributed by atoms with van der Waals surface area (Å²) in [6.45, 7) is 3.56. The van der Waals surface area contributed by atoms with E-state index in [1.54, 1.807) is 6.92 Å². The molecule has 108 valence electrons. The smallest absolute Gasteiger partial charge is 0.324 e. The first-order valence-corrected chi connectivity index (χ1v) is 6.99. The summed E-state index contributed by atoms with van der Waals surface area (Å²) in [6, 6.07) is 3.33. The molecule has 0 radical (unpaired) electrons. The van der Waals surface area contributed by atoms with E-state index in [-0.39, 0.29) is 6.04 Å². The van der Waals surface area contributed by atoms with E-state index in [1.807, 2.05) is 12.3 Å². The zero-order valence-electron chi connectivity index (χ0n) is 11.2. The van der Waals surface area contributed by atoms with Crippen molar-refractivity contribution >= 4 is 11.3 Å². The maximum Gasteiger partial charge on any atom is 0.416 e. The highest BCUT2D eigenvalue weighted by Gasteiger charge is 2.30. The lowest BCUT2D eigenvalue weighted by atomic mass is 9.96. The Labute approximate surface area is 119 Å². The Bertz CT molecular complexity index is 605. The minimum Gasteiger partial charge on any atom is -0.324 e. The van der Waals surface area contributed by atoms with Crippen molar-refractivity contribution in [3.8, 4) is 0 Å². The van der Waals surface area contributed by atoms with Crippen LogP contribution in [0, 0.1) is 13.8 Å². The van der Waals surface area contributed by atoms with E-state index < -0.39 is 11.7 Å². The van der Waals surface area contributed by atoms with E-state index in [2.05, 4.69) is 4.98 Å². The lowest BCUT2D eigenvalue weighted by molar-refractivity contribution is -0.137. The van der Waals surface area contributed by atoms with Gasteiger partial charge in [0.05, 0.1) is 16.3 Å². The van der Waals surface area contributed by atoms with E-state index in [1.165, 1.54) is 17.4 Å². The number of rotatable bonds is 3. The second-order valence-corrected chi connectivity index (χ2v) is 5.80. The maximum absolute atomic E-state index is 12.6. The van der Waals surface area contributed by atoms with Gasteiger partial charge in [0.2, 0.25) is 0 Å². The molecule has 1 aromatic carbocycles. The van der Waals surface area contributed by atoms with Gasteiger partial charge >= 0.3 is 6.18 Å². The summed E-state index contributed by atoms with van der Waals surface area (Å²) in [6.07, 6.45) is -3.80. The molecule has 0 aliphatic carbocycles. The molecule has 0 amide bonds. The Morgan fingerprint density at radius 1 is 1.30 bits per heavy atom. The molecule has 1 atom stereocenters. The number of hydrogen-bond donors (Lipinski definition) is 1. The Kier molecular flexibility index (Phi) is 4.15. The van der Waals surface area contributed by atoms with Crippen LogP contribution in [0.5, 0.6) is 0 Å². The van der Waals surface area contributed by atoms with Gasteiger partial charge in [0.25, 0.3) is 0 Å². The summed E-state index contributed by atoms with van der Waals surface area (Å²) in [7, 11) is 0. The Balaban J connectivity index is 2.20. The highest BCUT2D eigenvalue weighted by molar-refractivity contribution is 7.09. The second-order valence-electron chi connectivity index (χ2n) is 4.74. The highest BCUT2D eigenvalue weighted by atomic mass is 32.1. The van der Waals surface area contributed by atoms with E-state index >= 15 is 0 Å². The molecular formula is C14H15F3N2S. The number of nitrogens with two attached hydrogens (primary N) is 1. The van der Waals surface area contributed by atoms with Crippen molar-refractivity contribution in [3.63, 3.8) is 0 Å². The average Bonchev–Trinajstić information content (AvgIpc) is 2.73. The molecule has 2 rings (SSSR count). The number of benzene rings is 1. The lowest BCUT2D eigenvalue weighted by Gasteiger charge is -2.16. The summed E-state index contributed by atoms with van der Waals surface area (Å²) in [5.41, 5.74) is 7.59. The molecule has 6 heteroatoms. The third kappa shape index (κ3) is 3.37. The fourth-order valence-electron chi connectivity index (χ4n) is 2.11. The topological polar surface area (TPSA) is 38.9 Å². The second kappa shape index (κ2) is 5.54. The number of alkyl halides is 3. The Morgan fingerprint density at radius 3 is 2.50 bits per heavy atom. The molecule has 1 unspecified atom stereocenters. The third-order valence-corrected chi connectivity index (χ3v) is 3.91. The van der Waals surface area contributed by atoms with Crippen LogP contribution < -0.4 is 5.73 Å². The van der Waals surface area contributed by atoms with Gasteiger partial charge in [0.15, 0.2) is 0 Å². The van der Waals surface area contributed by atoms with Gasteiger partial charge in [-0.2, -0.15) is 13.2 Å². The summed E-state index contributed by atoms with van der Waals surface area (Å²) in [4.78, 5) is 4.32. The first kappa shape index (κ1) is 15.0. The SMILES string of the molecule is Cc1nc(CC(N)c2ccc(C(F)(F)F)cc2C)cs1. The van der Waals surface area contributed by atoms with Gasteiger partial charge in [-0.3, -0.25) is 0 Å². The predicted octanol–water partition coefficient (Wildman–Crippen LogP) is 4.02. The quantitative estimate of drug-likeness (QED) is 0.929. The van der Waals surface area contributed by atoms with E-state index in [4.69, 9.17) is 5.73 Å². The van der Waals surface area contributed by atoms with Crippen LogP contribution in [0.25, 0.3) is 0 Å². The number of halogens is 3. The monoisotopic (exact) mass is 300 g/mol. The summed E-state index contributed by atoms with van der Waals surface area (Å²) in [5.74, 6) is 0. The van der Waals surface area contributed by atoms with Crippen molar-refractivity contribution in [2.45, 2.75) is 32.5 Å². The highest BCUT2D eigenvalue weighted by Crippen LogP contribution is 2.31. The van der Waals surface area contributed by atoms with Crippen molar-refractivity contribution < 1.29 is 13.2 Å². The largest absolute Gasteiger partial charge is 0.416 e. The fourth-order valence-corrected chi connectivity index (χ4v) is 2.73. The molecule has 0 aliphatic rings. The van der Waals surface area contributed by atoms with Crippen LogP contribution in [0.3, 0.4) is 0 Å². The first-order valence-electron chi connectivity index (χ1n) is 6.11. The molecule has 2 aromatic rings.